The van der Waals surface area contributed by atoms with Crippen molar-refractivity contribution in [2.45, 2.75) is 45.1 Å². The standard InChI is InChI=1S/C20H29NO3/c1-15(22)16-6-8-20(9-7-16)24-14-19(23)13-21-11-10-17-4-2-3-5-18(17)12-21/h6-9,17-19,23H,2-5,10-14H2,1H3/t17-,18-,19+/m0/s1. The summed E-state index contributed by atoms with van der Waals surface area (Å²) in [6.07, 6.45) is 6.34. The average Bonchev–Trinajstić information content (AvgIpc) is 2.60. The van der Waals surface area contributed by atoms with Crippen molar-refractivity contribution in [1.29, 1.82) is 0 Å². The predicted octanol–water partition coefficient (Wildman–Crippen LogP) is 3.14. The number of carbonyl (C=O) groups excluding carboxylic acids is 1. The molecule has 0 amide bonds. The molecule has 1 N–H and O–H groups in total. The number of benzene rings is 1. The molecule has 0 bridgehead atoms. The summed E-state index contributed by atoms with van der Waals surface area (Å²) in [5.41, 5.74) is 0.679. The molecule has 132 valence electrons. The van der Waals surface area contributed by atoms with Crippen molar-refractivity contribution in [2.24, 2.45) is 11.8 Å². The highest BCUT2D eigenvalue weighted by Gasteiger charge is 2.31. The lowest BCUT2D eigenvalue weighted by atomic mass is 9.75. The van der Waals surface area contributed by atoms with E-state index < -0.39 is 6.10 Å². The van der Waals surface area contributed by atoms with Crippen LogP contribution in [0.1, 0.15) is 49.4 Å². The third kappa shape index (κ3) is 4.58. The Bertz CT molecular complexity index is 542. The monoisotopic (exact) mass is 331 g/mol. The van der Waals surface area contributed by atoms with Gasteiger partial charge in [-0.25, -0.2) is 0 Å². The Morgan fingerprint density at radius 2 is 1.92 bits per heavy atom. The Labute approximate surface area is 144 Å². The Balaban J connectivity index is 1.42. The fourth-order valence-electron chi connectivity index (χ4n) is 4.17. The number of aliphatic hydroxyl groups excluding tert-OH is 1. The summed E-state index contributed by atoms with van der Waals surface area (Å²) >= 11 is 0. The van der Waals surface area contributed by atoms with Gasteiger partial charge in [-0.05, 0) is 62.4 Å². The molecule has 0 unspecified atom stereocenters. The van der Waals surface area contributed by atoms with E-state index in [0.717, 1.165) is 24.9 Å². The van der Waals surface area contributed by atoms with E-state index in [-0.39, 0.29) is 5.78 Å². The third-order valence-electron chi connectivity index (χ3n) is 5.55. The minimum absolute atomic E-state index is 0.0488. The minimum Gasteiger partial charge on any atom is -0.491 e. The number of hydrogen-bond acceptors (Lipinski definition) is 4. The first-order valence-corrected chi connectivity index (χ1v) is 9.26. The Hall–Kier alpha value is -1.39. The van der Waals surface area contributed by atoms with Crippen LogP contribution in [-0.2, 0) is 0 Å². The lowest BCUT2D eigenvalue weighted by molar-refractivity contribution is 0.0281. The van der Waals surface area contributed by atoms with Crippen LogP contribution in [0.2, 0.25) is 0 Å². The van der Waals surface area contributed by atoms with Crippen molar-refractivity contribution in [3.8, 4) is 5.75 Å². The van der Waals surface area contributed by atoms with Crippen LogP contribution >= 0.6 is 0 Å². The zero-order chi connectivity index (χ0) is 16.9. The number of ketones is 1. The molecule has 1 aromatic rings. The van der Waals surface area contributed by atoms with E-state index in [1.165, 1.54) is 32.1 Å². The molecular weight excluding hydrogens is 302 g/mol. The maximum Gasteiger partial charge on any atom is 0.159 e. The third-order valence-corrected chi connectivity index (χ3v) is 5.55. The molecule has 4 heteroatoms. The predicted molar refractivity (Wildman–Crippen MR) is 94.5 cm³/mol. The number of Topliss-reactive ketones (excluding diaryl/α,β-unsaturated/α-hetero) is 1. The number of β-amino-alcohol motifs (C(OH)–C–C–N with tert-alkyl or cyclic N) is 1. The van der Waals surface area contributed by atoms with Gasteiger partial charge in [0.2, 0.25) is 0 Å². The van der Waals surface area contributed by atoms with Crippen LogP contribution < -0.4 is 4.74 Å². The van der Waals surface area contributed by atoms with Crippen molar-refractivity contribution in [3.63, 3.8) is 0 Å². The van der Waals surface area contributed by atoms with Crippen molar-refractivity contribution in [1.82, 2.24) is 4.90 Å². The van der Waals surface area contributed by atoms with Crippen LogP contribution in [0.4, 0.5) is 0 Å². The van der Waals surface area contributed by atoms with Crippen molar-refractivity contribution >= 4 is 5.78 Å². The summed E-state index contributed by atoms with van der Waals surface area (Å²) in [6, 6.07) is 7.10. The van der Waals surface area contributed by atoms with Crippen LogP contribution in [0.25, 0.3) is 0 Å². The molecule has 2 fully saturated rings. The highest BCUT2D eigenvalue weighted by Crippen LogP contribution is 2.35. The lowest BCUT2D eigenvalue weighted by Gasteiger charge is -2.41. The van der Waals surface area contributed by atoms with Crippen molar-refractivity contribution < 1.29 is 14.6 Å². The Kier molecular flexibility index (Phi) is 5.90. The van der Waals surface area contributed by atoms with E-state index in [1.54, 1.807) is 31.2 Å². The number of fused-ring (bicyclic) bond motifs is 1. The smallest absolute Gasteiger partial charge is 0.159 e. The first-order chi connectivity index (χ1) is 11.6. The molecule has 0 spiro atoms. The van der Waals surface area contributed by atoms with Crippen LogP contribution in [0, 0.1) is 11.8 Å². The van der Waals surface area contributed by atoms with Gasteiger partial charge >= 0.3 is 0 Å². The molecule has 2 aliphatic rings. The van der Waals surface area contributed by atoms with Crippen LogP contribution in [-0.4, -0.2) is 48.1 Å². The van der Waals surface area contributed by atoms with Crippen molar-refractivity contribution in [3.05, 3.63) is 29.8 Å². The van der Waals surface area contributed by atoms with Gasteiger partial charge in [-0.2, -0.15) is 0 Å². The molecule has 1 saturated heterocycles. The molecule has 4 nitrogen and oxygen atoms in total. The second-order valence-electron chi connectivity index (χ2n) is 7.40. The zero-order valence-electron chi connectivity index (χ0n) is 14.6. The fourth-order valence-corrected chi connectivity index (χ4v) is 4.17. The molecule has 1 aliphatic heterocycles. The van der Waals surface area contributed by atoms with Crippen LogP contribution in [0.5, 0.6) is 5.75 Å². The number of nitrogens with zero attached hydrogens (tertiary/aromatic N) is 1. The molecule has 0 radical (unpaired) electrons. The van der Waals surface area contributed by atoms with Crippen molar-refractivity contribution in [2.75, 3.05) is 26.2 Å². The van der Waals surface area contributed by atoms with E-state index in [1.807, 2.05) is 0 Å². The summed E-state index contributed by atoms with van der Waals surface area (Å²) in [5.74, 6) is 2.50. The first-order valence-electron chi connectivity index (χ1n) is 9.26. The van der Waals surface area contributed by atoms with Gasteiger partial charge in [-0.3, -0.25) is 4.79 Å². The van der Waals surface area contributed by atoms with E-state index in [4.69, 9.17) is 4.74 Å². The topological polar surface area (TPSA) is 49.8 Å². The Morgan fingerprint density at radius 3 is 2.62 bits per heavy atom. The molecule has 24 heavy (non-hydrogen) atoms. The number of rotatable bonds is 6. The molecule has 1 heterocycles. The summed E-state index contributed by atoms with van der Waals surface area (Å²) in [7, 11) is 0. The molecule has 1 saturated carbocycles. The maximum atomic E-state index is 11.3. The average molecular weight is 331 g/mol. The number of likely N-dealkylation sites (tertiary alicyclic amines) is 1. The highest BCUT2D eigenvalue weighted by atomic mass is 16.5. The summed E-state index contributed by atoms with van der Waals surface area (Å²) in [6.45, 7) is 4.77. The van der Waals surface area contributed by atoms with Crippen LogP contribution in [0.15, 0.2) is 24.3 Å². The SMILES string of the molecule is CC(=O)c1ccc(OC[C@H](O)CN2CC[C@@H]3CCCC[C@H]3C2)cc1. The van der Waals surface area contributed by atoms with Gasteiger partial charge in [-0.15, -0.1) is 0 Å². The minimum atomic E-state index is -0.474. The number of aliphatic hydroxyl groups is 1. The first kappa shape index (κ1) is 17.4. The summed E-state index contributed by atoms with van der Waals surface area (Å²) in [4.78, 5) is 13.7. The number of piperidine rings is 1. The van der Waals surface area contributed by atoms with E-state index in [2.05, 4.69) is 4.90 Å². The largest absolute Gasteiger partial charge is 0.491 e. The Morgan fingerprint density at radius 1 is 1.21 bits per heavy atom. The molecule has 0 aromatic heterocycles. The van der Waals surface area contributed by atoms with Gasteiger partial charge in [0.1, 0.15) is 18.5 Å². The van der Waals surface area contributed by atoms with E-state index >= 15 is 0 Å². The zero-order valence-corrected chi connectivity index (χ0v) is 14.6. The summed E-state index contributed by atoms with van der Waals surface area (Å²) < 4.78 is 5.66. The van der Waals surface area contributed by atoms with Gasteiger partial charge in [0.05, 0.1) is 0 Å². The summed E-state index contributed by atoms with van der Waals surface area (Å²) in [5, 5.41) is 10.3. The van der Waals surface area contributed by atoms with E-state index in [9.17, 15) is 9.90 Å². The van der Waals surface area contributed by atoms with Gasteiger partial charge in [-0.1, -0.05) is 19.3 Å². The normalized spacial score (nSPS) is 25.8. The van der Waals surface area contributed by atoms with Crippen LogP contribution in [0.3, 0.4) is 0 Å². The molecule has 1 aromatic carbocycles. The van der Waals surface area contributed by atoms with Gasteiger partial charge < -0.3 is 14.7 Å². The van der Waals surface area contributed by atoms with Gasteiger partial charge in [0.15, 0.2) is 5.78 Å². The molecule has 3 rings (SSSR count). The molecule has 1 aliphatic carbocycles. The fraction of sp³-hybridized carbons (Fsp3) is 0.650. The number of carbonyl (C=O) groups is 1. The number of hydrogen-bond donors (Lipinski definition) is 1. The quantitative estimate of drug-likeness (QED) is 0.814. The van der Waals surface area contributed by atoms with Gasteiger partial charge in [0, 0.05) is 18.7 Å². The molecular formula is C20H29NO3. The maximum absolute atomic E-state index is 11.3. The number of ether oxygens (including phenoxy) is 1. The van der Waals surface area contributed by atoms with E-state index in [0.29, 0.717) is 24.5 Å². The highest BCUT2D eigenvalue weighted by molar-refractivity contribution is 5.94. The lowest BCUT2D eigenvalue weighted by Crippen LogP contribution is -2.45. The second-order valence-corrected chi connectivity index (χ2v) is 7.40. The van der Waals surface area contributed by atoms with Gasteiger partial charge in [0.25, 0.3) is 0 Å². The second kappa shape index (κ2) is 8.13. The molecule has 3 atom stereocenters.